The van der Waals surface area contributed by atoms with E-state index in [4.69, 9.17) is 9.47 Å². The van der Waals surface area contributed by atoms with Crippen LogP contribution in [-0.2, 0) is 22.4 Å². The molecule has 0 N–H and O–H groups in total. The molecule has 5 rings (SSSR count). The summed E-state index contributed by atoms with van der Waals surface area (Å²) < 4.78 is 12.6. The van der Waals surface area contributed by atoms with E-state index in [0.717, 1.165) is 57.0 Å². The molecular weight excluding hydrogens is 366 g/mol. The quantitative estimate of drug-likeness (QED) is 0.796. The minimum absolute atomic E-state index is 0.279. The SMILES string of the molecule is CCN1CCC[C@@H]2c3cccc4c3c(c(CN3CCOCC3)n4C(=O)OC)C[C@H]21. The number of piperidine rings is 1. The van der Waals surface area contributed by atoms with Crippen LogP contribution >= 0.6 is 0 Å². The summed E-state index contributed by atoms with van der Waals surface area (Å²) in [6.45, 7) is 8.63. The molecule has 2 aliphatic heterocycles. The minimum Gasteiger partial charge on any atom is -0.452 e. The molecule has 0 unspecified atom stereocenters. The molecular formula is C23H31N3O3. The van der Waals surface area contributed by atoms with Gasteiger partial charge in [-0.2, -0.15) is 0 Å². The number of morpholine rings is 1. The lowest BCUT2D eigenvalue weighted by molar-refractivity contribution is 0.0330. The van der Waals surface area contributed by atoms with E-state index in [0.29, 0.717) is 12.0 Å². The lowest BCUT2D eigenvalue weighted by atomic mass is 9.74. The Bertz CT molecular complexity index is 916. The number of ether oxygens (including phenoxy) is 2. The lowest BCUT2D eigenvalue weighted by Crippen LogP contribution is -2.46. The van der Waals surface area contributed by atoms with Crippen LogP contribution in [0.3, 0.4) is 0 Å². The molecule has 0 amide bonds. The number of carbonyl (C=O) groups excluding carboxylic acids is 1. The van der Waals surface area contributed by atoms with Crippen molar-refractivity contribution in [3.63, 3.8) is 0 Å². The lowest BCUT2D eigenvalue weighted by Gasteiger charge is -2.44. The standard InChI is InChI=1S/C23H31N3O3/c1-3-25-9-5-7-16-17-6-4-8-19-22(17)18(14-20(16)25)21(26(19)23(27)28-2)15-24-10-12-29-13-11-24/h4,6,8,16,20H,3,5,7,9-15H2,1-2H3/t16-,20-/m1/s1. The number of benzene rings is 1. The maximum Gasteiger partial charge on any atom is 0.418 e. The molecule has 0 radical (unpaired) electrons. The largest absolute Gasteiger partial charge is 0.452 e. The highest BCUT2D eigenvalue weighted by Gasteiger charge is 2.39. The molecule has 156 valence electrons. The Morgan fingerprint density at radius 2 is 2.07 bits per heavy atom. The molecule has 1 aromatic heterocycles. The summed E-state index contributed by atoms with van der Waals surface area (Å²) in [7, 11) is 1.48. The van der Waals surface area contributed by atoms with Crippen molar-refractivity contribution in [3.05, 3.63) is 35.0 Å². The van der Waals surface area contributed by atoms with Crippen molar-refractivity contribution < 1.29 is 14.3 Å². The summed E-state index contributed by atoms with van der Waals surface area (Å²) in [4.78, 5) is 17.9. The fourth-order valence-electron chi connectivity index (χ4n) is 5.83. The van der Waals surface area contributed by atoms with Gasteiger partial charge in [0, 0.05) is 42.7 Å². The van der Waals surface area contributed by atoms with Crippen LogP contribution in [0.25, 0.3) is 10.9 Å². The highest BCUT2D eigenvalue weighted by atomic mass is 16.5. The Kier molecular flexibility index (Phi) is 5.10. The van der Waals surface area contributed by atoms with E-state index in [-0.39, 0.29) is 6.09 Å². The molecule has 2 fully saturated rings. The number of aromatic nitrogens is 1. The van der Waals surface area contributed by atoms with Crippen molar-refractivity contribution in [2.75, 3.05) is 46.5 Å². The van der Waals surface area contributed by atoms with Gasteiger partial charge in [-0.05, 0) is 49.5 Å². The predicted molar refractivity (Wildman–Crippen MR) is 113 cm³/mol. The molecule has 2 saturated heterocycles. The topological polar surface area (TPSA) is 46.9 Å². The number of likely N-dealkylation sites (N-methyl/N-ethyl adjacent to an activating group) is 1. The van der Waals surface area contributed by atoms with Crippen LogP contribution in [-0.4, -0.2) is 73.0 Å². The number of fused-ring (bicyclic) bond motifs is 2. The molecule has 6 nitrogen and oxygen atoms in total. The van der Waals surface area contributed by atoms with Crippen LogP contribution < -0.4 is 0 Å². The third-order valence-corrected chi connectivity index (χ3v) is 7.18. The second kappa shape index (κ2) is 7.74. The summed E-state index contributed by atoms with van der Waals surface area (Å²) >= 11 is 0. The fraction of sp³-hybridized carbons (Fsp3) is 0.609. The number of likely N-dealkylation sites (tertiary alicyclic amines) is 1. The van der Waals surface area contributed by atoms with Gasteiger partial charge in [0.15, 0.2) is 0 Å². The molecule has 1 aliphatic carbocycles. The summed E-state index contributed by atoms with van der Waals surface area (Å²) in [6.07, 6.45) is 3.23. The van der Waals surface area contributed by atoms with E-state index < -0.39 is 0 Å². The van der Waals surface area contributed by atoms with Gasteiger partial charge in [-0.25, -0.2) is 9.36 Å². The van der Waals surface area contributed by atoms with Crippen molar-refractivity contribution in [1.29, 1.82) is 0 Å². The van der Waals surface area contributed by atoms with Crippen LogP contribution in [0.1, 0.15) is 42.5 Å². The third-order valence-electron chi connectivity index (χ3n) is 7.18. The van der Waals surface area contributed by atoms with Crippen molar-refractivity contribution in [2.24, 2.45) is 0 Å². The molecule has 1 aromatic carbocycles. The first-order valence-electron chi connectivity index (χ1n) is 11.0. The highest BCUT2D eigenvalue weighted by molar-refractivity contribution is 5.96. The Morgan fingerprint density at radius 3 is 2.83 bits per heavy atom. The molecule has 3 heterocycles. The molecule has 0 saturated carbocycles. The van der Waals surface area contributed by atoms with Crippen molar-refractivity contribution in [1.82, 2.24) is 14.4 Å². The van der Waals surface area contributed by atoms with E-state index >= 15 is 0 Å². The zero-order chi connectivity index (χ0) is 20.0. The van der Waals surface area contributed by atoms with Crippen molar-refractivity contribution in [3.8, 4) is 0 Å². The predicted octanol–water partition coefficient (Wildman–Crippen LogP) is 3.21. The smallest absolute Gasteiger partial charge is 0.418 e. The highest BCUT2D eigenvalue weighted by Crippen LogP contribution is 2.45. The maximum atomic E-state index is 12.9. The Labute approximate surface area is 172 Å². The first-order valence-corrected chi connectivity index (χ1v) is 11.0. The van der Waals surface area contributed by atoms with Crippen LogP contribution in [0.4, 0.5) is 4.79 Å². The Balaban J connectivity index is 1.67. The summed E-state index contributed by atoms with van der Waals surface area (Å²) in [5.41, 5.74) is 4.91. The van der Waals surface area contributed by atoms with Crippen LogP contribution in [0, 0.1) is 0 Å². The number of carbonyl (C=O) groups is 1. The van der Waals surface area contributed by atoms with Gasteiger partial charge in [-0.1, -0.05) is 19.1 Å². The van der Waals surface area contributed by atoms with Gasteiger partial charge in [-0.15, -0.1) is 0 Å². The fourth-order valence-corrected chi connectivity index (χ4v) is 5.83. The van der Waals surface area contributed by atoms with Gasteiger partial charge in [0.1, 0.15) is 0 Å². The van der Waals surface area contributed by atoms with Crippen molar-refractivity contribution >= 4 is 17.0 Å². The number of hydrogen-bond acceptors (Lipinski definition) is 5. The van der Waals surface area contributed by atoms with E-state index in [1.54, 1.807) is 0 Å². The molecule has 2 atom stereocenters. The minimum atomic E-state index is -0.279. The molecule has 0 spiro atoms. The average molecular weight is 398 g/mol. The summed E-state index contributed by atoms with van der Waals surface area (Å²) in [5, 5.41) is 1.31. The monoisotopic (exact) mass is 397 g/mol. The van der Waals surface area contributed by atoms with Gasteiger partial charge < -0.3 is 9.47 Å². The van der Waals surface area contributed by atoms with E-state index in [2.05, 4.69) is 34.9 Å². The first-order chi connectivity index (χ1) is 14.2. The average Bonchev–Trinajstić information content (AvgIpc) is 3.08. The number of rotatable bonds is 3. The van der Waals surface area contributed by atoms with Crippen LogP contribution in [0.5, 0.6) is 0 Å². The molecule has 3 aliphatic rings. The van der Waals surface area contributed by atoms with Gasteiger partial charge in [0.05, 0.1) is 25.8 Å². The summed E-state index contributed by atoms with van der Waals surface area (Å²) in [5.74, 6) is 0.560. The molecule has 29 heavy (non-hydrogen) atoms. The molecule has 0 bridgehead atoms. The number of methoxy groups -OCH3 is 1. The number of hydrogen-bond donors (Lipinski definition) is 0. The zero-order valence-electron chi connectivity index (χ0n) is 17.5. The second-order valence-corrected chi connectivity index (χ2v) is 8.51. The maximum absolute atomic E-state index is 12.9. The molecule has 2 aromatic rings. The Morgan fingerprint density at radius 1 is 1.24 bits per heavy atom. The van der Waals surface area contributed by atoms with Gasteiger partial charge >= 0.3 is 6.09 Å². The number of nitrogens with zero attached hydrogens (tertiary/aromatic N) is 3. The van der Waals surface area contributed by atoms with E-state index in [1.165, 1.54) is 43.0 Å². The first kappa shape index (κ1) is 19.1. The Hall–Kier alpha value is -1.89. The van der Waals surface area contributed by atoms with Gasteiger partial charge in [-0.3, -0.25) is 9.80 Å². The van der Waals surface area contributed by atoms with Crippen molar-refractivity contribution in [2.45, 2.75) is 44.7 Å². The van der Waals surface area contributed by atoms with E-state index in [9.17, 15) is 4.79 Å². The van der Waals surface area contributed by atoms with Crippen LogP contribution in [0.15, 0.2) is 18.2 Å². The normalized spacial score (nSPS) is 25.2. The van der Waals surface area contributed by atoms with Crippen LogP contribution in [0.2, 0.25) is 0 Å². The zero-order valence-corrected chi connectivity index (χ0v) is 17.5. The third kappa shape index (κ3) is 3.09. The molecule has 6 heteroatoms. The second-order valence-electron chi connectivity index (χ2n) is 8.51. The van der Waals surface area contributed by atoms with E-state index in [1.807, 2.05) is 4.57 Å². The van der Waals surface area contributed by atoms with Gasteiger partial charge in [0.25, 0.3) is 0 Å². The van der Waals surface area contributed by atoms with Gasteiger partial charge in [0.2, 0.25) is 0 Å². The summed E-state index contributed by atoms with van der Waals surface area (Å²) in [6, 6.07) is 7.03.